The van der Waals surface area contributed by atoms with Gasteiger partial charge in [-0.2, -0.15) is 4.31 Å². The summed E-state index contributed by atoms with van der Waals surface area (Å²) in [6.07, 6.45) is 2.35. The zero-order chi connectivity index (χ0) is 28.2. The fourth-order valence-electron chi connectivity index (χ4n) is 4.53. The van der Waals surface area contributed by atoms with Crippen LogP contribution in [0, 0.1) is 5.41 Å². The standard InChI is InChI=1S/C30H36N2O6S/c1-21(29(33)34)23-8-5-7-22(15-23)20-38-26-16-25(18-30(2,3)4)28(31-19-26)24-9-6-10-27(17-24)39(35,36)32-11-13-37-14-12-32/h5-10,15-17,19,21H,11-14,18,20H2,1-4H3,(H,33,34). The average Bonchev–Trinajstić information content (AvgIpc) is 2.91. The molecule has 0 spiro atoms. The molecule has 1 atom stereocenters. The lowest BCUT2D eigenvalue weighted by molar-refractivity contribution is -0.138. The summed E-state index contributed by atoms with van der Waals surface area (Å²) in [7, 11) is -3.64. The predicted octanol–water partition coefficient (Wildman–Crippen LogP) is 5.13. The van der Waals surface area contributed by atoms with Gasteiger partial charge in [0.05, 0.1) is 35.9 Å². The number of rotatable bonds is 9. The summed E-state index contributed by atoms with van der Waals surface area (Å²) in [5.41, 5.74) is 3.93. The maximum absolute atomic E-state index is 13.3. The van der Waals surface area contributed by atoms with Crippen molar-refractivity contribution in [3.8, 4) is 17.0 Å². The molecule has 1 fully saturated rings. The van der Waals surface area contributed by atoms with Gasteiger partial charge in [0.25, 0.3) is 0 Å². The largest absolute Gasteiger partial charge is 0.487 e. The van der Waals surface area contributed by atoms with E-state index in [0.29, 0.717) is 44.2 Å². The molecule has 1 aliphatic rings. The Kier molecular flexibility index (Phi) is 8.73. The maximum atomic E-state index is 13.3. The molecular formula is C30H36N2O6S. The molecule has 1 aliphatic heterocycles. The highest BCUT2D eigenvalue weighted by atomic mass is 32.2. The lowest BCUT2D eigenvalue weighted by Gasteiger charge is -2.26. The Morgan fingerprint density at radius 3 is 2.51 bits per heavy atom. The molecule has 1 N–H and O–H groups in total. The molecule has 1 saturated heterocycles. The Morgan fingerprint density at radius 1 is 1.10 bits per heavy atom. The van der Waals surface area contributed by atoms with E-state index in [1.807, 2.05) is 30.3 Å². The number of nitrogens with zero attached hydrogens (tertiary/aromatic N) is 2. The second-order valence-corrected chi connectivity index (χ2v) is 13.0. The molecule has 1 aromatic heterocycles. The molecule has 1 unspecified atom stereocenters. The second kappa shape index (κ2) is 11.9. The van der Waals surface area contributed by atoms with E-state index < -0.39 is 21.9 Å². The summed E-state index contributed by atoms with van der Waals surface area (Å²) in [5.74, 6) is -0.889. The highest BCUT2D eigenvalue weighted by Crippen LogP contribution is 2.32. The van der Waals surface area contributed by atoms with Crippen LogP contribution >= 0.6 is 0 Å². The van der Waals surface area contributed by atoms with Gasteiger partial charge in [-0.3, -0.25) is 9.78 Å². The van der Waals surface area contributed by atoms with Gasteiger partial charge in [-0.25, -0.2) is 8.42 Å². The summed E-state index contributed by atoms with van der Waals surface area (Å²) in [6.45, 7) is 9.79. The number of carboxylic acid groups (broad SMARTS) is 1. The molecule has 208 valence electrons. The molecule has 3 aromatic rings. The van der Waals surface area contributed by atoms with Gasteiger partial charge in [-0.1, -0.05) is 57.2 Å². The zero-order valence-corrected chi connectivity index (χ0v) is 23.7. The third-order valence-electron chi connectivity index (χ3n) is 6.60. The maximum Gasteiger partial charge on any atom is 0.310 e. The van der Waals surface area contributed by atoms with Crippen molar-refractivity contribution < 1.29 is 27.8 Å². The Labute approximate surface area is 230 Å². The van der Waals surface area contributed by atoms with Gasteiger partial charge >= 0.3 is 5.97 Å². The van der Waals surface area contributed by atoms with Crippen molar-refractivity contribution in [3.05, 3.63) is 77.5 Å². The van der Waals surface area contributed by atoms with E-state index in [9.17, 15) is 18.3 Å². The van der Waals surface area contributed by atoms with Crippen molar-refractivity contribution >= 4 is 16.0 Å². The molecule has 0 amide bonds. The van der Waals surface area contributed by atoms with Crippen LogP contribution in [0.25, 0.3) is 11.3 Å². The molecule has 8 nitrogen and oxygen atoms in total. The first-order valence-electron chi connectivity index (χ1n) is 13.1. The normalized spacial score (nSPS) is 15.6. The van der Waals surface area contributed by atoms with Crippen LogP contribution in [-0.4, -0.2) is 55.1 Å². The fourth-order valence-corrected chi connectivity index (χ4v) is 5.99. The minimum Gasteiger partial charge on any atom is -0.487 e. The van der Waals surface area contributed by atoms with Crippen LogP contribution in [0.2, 0.25) is 0 Å². The van der Waals surface area contributed by atoms with E-state index in [4.69, 9.17) is 14.5 Å². The minimum atomic E-state index is -3.64. The van der Waals surface area contributed by atoms with Crippen LogP contribution in [0.4, 0.5) is 0 Å². The monoisotopic (exact) mass is 552 g/mol. The molecule has 9 heteroatoms. The van der Waals surface area contributed by atoms with E-state index in [0.717, 1.165) is 22.3 Å². The lowest BCUT2D eigenvalue weighted by atomic mass is 9.86. The average molecular weight is 553 g/mol. The molecule has 2 heterocycles. The molecule has 0 saturated carbocycles. The van der Waals surface area contributed by atoms with E-state index in [1.54, 1.807) is 37.4 Å². The van der Waals surface area contributed by atoms with Crippen molar-refractivity contribution in [2.75, 3.05) is 26.3 Å². The second-order valence-electron chi connectivity index (χ2n) is 11.1. The third kappa shape index (κ3) is 7.23. The number of aliphatic carboxylic acids is 1. The molecule has 0 bridgehead atoms. The number of aromatic nitrogens is 1. The van der Waals surface area contributed by atoms with E-state index in [2.05, 4.69) is 20.8 Å². The Hall–Kier alpha value is -3.27. The van der Waals surface area contributed by atoms with Gasteiger partial charge in [0.15, 0.2) is 0 Å². The van der Waals surface area contributed by atoms with Crippen molar-refractivity contribution in [1.29, 1.82) is 0 Å². The molecule has 0 radical (unpaired) electrons. The summed E-state index contributed by atoms with van der Waals surface area (Å²) < 4.78 is 39.4. The first-order valence-corrected chi connectivity index (χ1v) is 14.5. The van der Waals surface area contributed by atoms with Gasteiger partial charge in [0.2, 0.25) is 10.0 Å². The Bertz CT molecular complexity index is 1430. The molecular weight excluding hydrogens is 516 g/mol. The quantitative estimate of drug-likeness (QED) is 0.392. The summed E-state index contributed by atoms with van der Waals surface area (Å²) in [4.78, 5) is 16.3. The summed E-state index contributed by atoms with van der Waals surface area (Å²) in [6, 6.07) is 16.3. The van der Waals surface area contributed by atoms with Gasteiger partial charge < -0.3 is 14.6 Å². The number of ether oxygens (including phenoxy) is 2. The fraction of sp³-hybridized carbons (Fsp3) is 0.400. The Morgan fingerprint density at radius 2 is 1.82 bits per heavy atom. The number of benzene rings is 2. The lowest BCUT2D eigenvalue weighted by Crippen LogP contribution is -2.40. The molecule has 2 aromatic carbocycles. The summed E-state index contributed by atoms with van der Waals surface area (Å²) in [5, 5.41) is 9.33. The highest BCUT2D eigenvalue weighted by Gasteiger charge is 2.27. The van der Waals surface area contributed by atoms with E-state index in [-0.39, 0.29) is 16.9 Å². The van der Waals surface area contributed by atoms with Crippen molar-refractivity contribution in [1.82, 2.24) is 9.29 Å². The molecule has 39 heavy (non-hydrogen) atoms. The zero-order valence-electron chi connectivity index (χ0n) is 22.9. The first-order chi connectivity index (χ1) is 18.4. The van der Waals surface area contributed by atoms with E-state index in [1.165, 1.54) is 4.31 Å². The van der Waals surface area contributed by atoms with Crippen LogP contribution in [0.5, 0.6) is 5.75 Å². The predicted molar refractivity (Wildman–Crippen MR) is 149 cm³/mol. The Balaban J connectivity index is 1.61. The van der Waals surface area contributed by atoms with Gasteiger partial charge in [0, 0.05) is 18.7 Å². The van der Waals surface area contributed by atoms with Crippen molar-refractivity contribution in [2.24, 2.45) is 5.41 Å². The SMILES string of the molecule is CC(C(=O)O)c1cccc(COc2cnc(-c3cccc(S(=O)(=O)N4CCOCC4)c3)c(CC(C)(C)C)c2)c1. The smallest absolute Gasteiger partial charge is 0.310 e. The van der Waals surface area contributed by atoms with Gasteiger partial charge in [-0.05, 0) is 53.6 Å². The third-order valence-corrected chi connectivity index (χ3v) is 8.50. The topological polar surface area (TPSA) is 106 Å². The van der Waals surface area contributed by atoms with Crippen molar-refractivity contribution in [2.45, 2.75) is 51.5 Å². The van der Waals surface area contributed by atoms with Gasteiger partial charge in [0.1, 0.15) is 12.4 Å². The number of pyridine rings is 1. The number of sulfonamides is 1. The first kappa shape index (κ1) is 28.7. The number of hydrogen-bond donors (Lipinski definition) is 1. The number of hydrogen-bond acceptors (Lipinski definition) is 6. The van der Waals surface area contributed by atoms with Crippen LogP contribution < -0.4 is 4.74 Å². The molecule has 4 rings (SSSR count). The van der Waals surface area contributed by atoms with Gasteiger partial charge in [-0.15, -0.1) is 0 Å². The highest BCUT2D eigenvalue weighted by molar-refractivity contribution is 7.89. The molecule has 0 aliphatic carbocycles. The van der Waals surface area contributed by atoms with Crippen LogP contribution in [0.1, 0.15) is 50.3 Å². The van der Waals surface area contributed by atoms with Crippen LogP contribution in [-0.2, 0) is 32.6 Å². The minimum absolute atomic E-state index is 0.0478. The van der Waals surface area contributed by atoms with Crippen molar-refractivity contribution in [3.63, 3.8) is 0 Å². The number of morpholine rings is 1. The number of carbonyl (C=O) groups is 1. The van der Waals surface area contributed by atoms with Crippen LogP contribution in [0.15, 0.2) is 65.7 Å². The number of carboxylic acids is 1. The van der Waals surface area contributed by atoms with E-state index >= 15 is 0 Å². The van der Waals surface area contributed by atoms with Crippen LogP contribution in [0.3, 0.4) is 0 Å². The summed E-state index contributed by atoms with van der Waals surface area (Å²) >= 11 is 0.